The maximum absolute atomic E-state index is 12.6. The standard InChI is InChI=1S/C45H80NO8P/c1-6-8-10-12-14-16-18-20-21-22-23-24-26-27-29-31-33-35-37-44(47)51-41-43(42-53-55(49,50)52-40-39-46(3,4)5)54-45(48)38-36-34-32-30-28-25-19-17-15-13-11-9-7-2/h9,11,15,17,21-22,25,28,32,34,43H,6-8,10,12-14,16,18-20,23-24,26-27,29-31,33,35-42H2,1-5H3/b11-9-,17-15-,22-21-,28-25-,34-32-. The van der Waals surface area contributed by atoms with Gasteiger partial charge in [0.2, 0.25) is 0 Å². The SMILES string of the molecule is CC/C=C\C/C=C\C/C=C\C/C=C\CCC(=O)OC(COC(=O)CCCCCCCCC/C=C\CCCCCCCCC)COP(=O)([O-])OCC[N+](C)(C)C. The first-order valence-electron chi connectivity index (χ1n) is 21.5. The van der Waals surface area contributed by atoms with Gasteiger partial charge in [-0.25, -0.2) is 0 Å². The Morgan fingerprint density at radius 3 is 1.62 bits per heavy atom. The molecule has 0 rings (SSSR count). The lowest BCUT2D eigenvalue weighted by Gasteiger charge is -2.28. The van der Waals surface area contributed by atoms with E-state index in [0.717, 1.165) is 51.4 Å². The van der Waals surface area contributed by atoms with Crippen LogP contribution in [0.4, 0.5) is 0 Å². The first-order valence-corrected chi connectivity index (χ1v) is 23.0. The highest BCUT2D eigenvalue weighted by Gasteiger charge is 2.21. The molecule has 0 saturated heterocycles. The average molecular weight is 794 g/mol. The Kier molecular flexibility index (Phi) is 35.7. The molecular weight excluding hydrogens is 713 g/mol. The van der Waals surface area contributed by atoms with Crippen molar-refractivity contribution < 1.29 is 42.1 Å². The number of ether oxygens (including phenoxy) is 2. The molecule has 0 spiro atoms. The highest BCUT2D eigenvalue weighted by atomic mass is 31.2. The largest absolute Gasteiger partial charge is 0.756 e. The predicted octanol–water partition coefficient (Wildman–Crippen LogP) is 11.4. The second-order valence-corrected chi connectivity index (χ2v) is 16.7. The molecule has 0 radical (unpaired) electrons. The van der Waals surface area contributed by atoms with Crippen molar-refractivity contribution in [1.82, 2.24) is 0 Å². The third kappa shape index (κ3) is 41.2. The molecule has 0 heterocycles. The molecule has 9 nitrogen and oxygen atoms in total. The maximum atomic E-state index is 12.6. The van der Waals surface area contributed by atoms with E-state index in [1.165, 1.54) is 70.6 Å². The molecule has 0 aliphatic carbocycles. The van der Waals surface area contributed by atoms with Crippen LogP contribution in [0.5, 0.6) is 0 Å². The van der Waals surface area contributed by atoms with E-state index in [0.29, 0.717) is 23.9 Å². The van der Waals surface area contributed by atoms with Gasteiger partial charge >= 0.3 is 11.9 Å². The lowest BCUT2D eigenvalue weighted by Crippen LogP contribution is -2.37. The van der Waals surface area contributed by atoms with E-state index in [-0.39, 0.29) is 26.1 Å². The Morgan fingerprint density at radius 1 is 0.582 bits per heavy atom. The van der Waals surface area contributed by atoms with Gasteiger partial charge in [0.25, 0.3) is 7.82 Å². The minimum atomic E-state index is -4.64. The van der Waals surface area contributed by atoms with Gasteiger partial charge in [-0.3, -0.25) is 14.2 Å². The zero-order valence-electron chi connectivity index (χ0n) is 35.6. The van der Waals surface area contributed by atoms with Gasteiger partial charge in [-0.1, -0.05) is 145 Å². The highest BCUT2D eigenvalue weighted by molar-refractivity contribution is 7.45. The molecule has 10 heteroatoms. The smallest absolute Gasteiger partial charge is 0.306 e. The van der Waals surface area contributed by atoms with E-state index in [1.54, 1.807) is 0 Å². The van der Waals surface area contributed by atoms with Crippen molar-refractivity contribution >= 4 is 19.8 Å². The maximum Gasteiger partial charge on any atom is 0.306 e. The molecule has 0 bridgehead atoms. The summed E-state index contributed by atoms with van der Waals surface area (Å²) < 4.78 is 33.7. The summed E-state index contributed by atoms with van der Waals surface area (Å²) in [7, 11) is 1.11. The number of carbonyl (C=O) groups excluding carboxylic acids is 2. The van der Waals surface area contributed by atoms with E-state index in [2.05, 4.69) is 62.5 Å². The molecular formula is C45H80NO8P. The first kappa shape index (κ1) is 52.7. The third-order valence-electron chi connectivity index (χ3n) is 8.79. The van der Waals surface area contributed by atoms with Crippen LogP contribution in [0.2, 0.25) is 0 Å². The van der Waals surface area contributed by atoms with Crippen LogP contribution >= 0.6 is 7.82 Å². The van der Waals surface area contributed by atoms with Crippen LogP contribution in [0.15, 0.2) is 60.8 Å². The fraction of sp³-hybridized carbons (Fsp3) is 0.733. The van der Waals surface area contributed by atoms with Crippen molar-refractivity contribution in [1.29, 1.82) is 0 Å². The normalized spacial score (nSPS) is 14.2. The number of phosphoric ester groups is 1. The summed E-state index contributed by atoms with van der Waals surface area (Å²) in [6.45, 7) is 4.00. The number of rotatable bonds is 38. The lowest BCUT2D eigenvalue weighted by atomic mass is 10.1. The number of allylic oxidation sites excluding steroid dienone is 10. The van der Waals surface area contributed by atoms with E-state index in [9.17, 15) is 19.0 Å². The van der Waals surface area contributed by atoms with E-state index >= 15 is 0 Å². The second kappa shape index (κ2) is 37.3. The zero-order valence-corrected chi connectivity index (χ0v) is 36.5. The van der Waals surface area contributed by atoms with Crippen LogP contribution in [0.3, 0.4) is 0 Å². The molecule has 318 valence electrons. The summed E-state index contributed by atoms with van der Waals surface area (Å²) in [5.41, 5.74) is 0. The summed E-state index contributed by atoms with van der Waals surface area (Å²) in [6.07, 6.45) is 44.1. The second-order valence-electron chi connectivity index (χ2n) is 15.3. The summed E-state index contributed by atoms with van der Waals surface area (Å²) in [4.78, 5) is 37.4. The van der Waals surface area contributed by atoms with Crippen molar-refractivity contribution in [3.63, 3.8) is 0 Å². The van der Waals surface area contributed by atoms with E-state index in [4.69, 9.17) is 18.5 Å². The Bertz CT molecular complexity index is 1120. The van der Waals surface area contributed by atoms with Gasteiger partial charge in [0.05, 0.1) is 27.7 Å². The number of hydrogen-bond donors (Lipinski definition) is 0. The number of unbranched alkanes of at least 4 members (excludes halogenated alkanes) is 14. The molecule has 55 heavy (non-hydrogen) atoms. The average Bonchev–Trinajstić information content (AvgIpc) is 3.13. The van der Waals surface area contributed by atoms with Crippen molar-refractivity contribution in [3.8, 4) is 0 Å². The number of esters is 2. The van der Waals surface area contributed by atoms with Gasteiger partial charge in [0, 0.05) is 12.8 Å². The Labute approximate surface area is 336 Å². The molecule has 0 N–H and O–H groups in total. The molecule has 0 aromatic carbocycles. The Balaban J connectivity index is 4.43. The molecule has 2 atom stereocenters. The fourth-order valence-electron chi connectivity index (χ4n) is 5.43. The molecule has 0 aliphatic rings. The van der Waals surface area contributed by atoms with Gasteiger partial charge in [0.1, 0.15) is 19.8 Å². The molecule has 0 aromatic heterocycles. The number of carbonyl (C=O) groups is 2. The molecule has 0 amide bonds. The minimum absolute atomic E-state index is 0.0463. The highest BCUT2D eigenvalue weighted by Crippen LogP contribution is 2.38. The van der Waals surface area contributed by atoms with Gasteiger partial charge in [-0.15, -0.1) is 0 Å². The van der Waals surface area contributed by atoms with Crippen LogP contribution < -0.4 is 4.89 Å². The topological polar surface area (TPSA) is 111 Å². The number of phosphoric acid groups is 1. The van der Waals surface area contributed by atoms with Crippen LogP contribution in [0.25, 0.3) is 0 Å². The van der Waals surface area contributed by atoms with Crippen molar-refractivity contribution in [2.75, 3.05) is 47.5 Å². The van der Waals surface area contributed by atoms with Crippen molar-refractivity contribution in [2.24, 2.45) is 0 Å². The Morgan fingerprint density at radius 2 is 1.07 bits per heavy atom. The first-order chi connectivity index (χ1) is 26.5. The van der Waals surface area contributed by atoms with Gasteiger partial charge < -0.3 is 27.9 Å². The minimum Gasteiger partial charge on any atom is -0.756 e. The number of nitrogens with zero attached hydrogens (tertiary/aromatic N) is 1. The van der Waals surface area contributed by atoms with E-state index in [1.807, 2.05) is 33.3 Å². The Hall–Kier alpha value is -2.29. The van der Waals surface area contributed by atoms with Gasteiger partial charge in [0.15, 0.2) is 6.10 Å². The summed E-state index contributed by atoms with van der Waals surface area (Å²) in [5, 5.41) is 0. The van der Waals surface area contributed by atoms with Crippen LogP contribution in [-0.2, 0) is 32.7 Å². The molecule has 0 fully saturated rings. The predicted molar refractivity (Wildman–Crippen MR) is 226 cm³/mol. The third-order valence-corrected chi connectivity index (χ3v) is 9.75. The fourth-order valence-corrected chi connectivity index (χ4v) is 6.16. The van der Waals surface area contributed by atoms with Crippen molar-refractivity contribution in [3.05, 3.63) is 60.8 Å². The van der Waals surface area contributed by atoms with Crippen LogP contribution in [0.1, 0.15) is 162 Å². The molecule has 0 aromatic rings. The summed E-state index contributed by atoms with van der Waals surface area (Å²) in [6, 6.07) is 0. The van der Waals surface area contributed by atoms with Crippen LogP contribution in [-0.4, -0.2) is 70.0 Å². The molecule has 0 aliphatic heterocycles. The molecule has 0 saturated carbocycles. The zero-order chi connectivity index (χ0) is 40.7. The van der Waals surface area contributed by atoms with E-state index < -0.39 is 32.5 Å². The van der Waals surface area contributed by atoms with Gasteiger partial charge in [-0.05, 0) is 64.2 Å². The lowest BCUT2D eigenvalue weighted by molar-refractivity contribution is -0.870. The summed E-state index contributed by atoms with van der Waals surface area (Å²) >= 11 is 0. The van der Waals surface area contributed by atoms with Crippen molar-refractivity contribution in [2.45, 2.75) is 168 Å². The van der Waals surface area contributed by atoms with Gasteiger partial charge in [-0.2, -0.15) is 0 Å². The number of hydrogen-bond acceptors (Lipinski definition) is 8. The number of quaternary nitrogens is 1. The van der Waals surface area contributed by atoms with Crippen LogP contribution in [0, 0.1) is 0 Å². The monoisotopic (exact) mass is 794 g/mol. The number of likely N-dealkylation sites (N-methyl/N-ethyl adjacent to an activating group) is 1. The molecule has 2 unspecified atom stereocenters. The quantitative estimate of drug-likeness (QED) is 0.0200. The summed E-state index contributed by atoms with van der Waals surface area (Å²) in [5.74, 6) is -0.938.